The number of rotatable bonds is 8. The molecule has 2 aromatic heterocycles. The van der Waals surface area contributed by atoms with Gasteiger partial charge in [0.05, 0.1) is 43.9 Å². The van der Waals surface area contributed by atoms with Crippen LogP contribution in [0.2, 0.25) is 0 Å². The summed E-state index contributed by atoms with van der Waals surface area (Å²) in [6.45, 7) is 3.71. The Kier molecular flexibility index (Phi) is 8.64. The van der Waals surface area contributed by atoms with Crippen molar-refractivity contribution in [3.8, 4) is 28.1 Å². The molecular formula is C35H30F6N4O5. The van der Waals surface area contributed by atoms with Crippen LogP contribution in [0.5, 0.6) is 5.88 Å². The van der Waals surface area contributed by atoms with Crippen molar-refractivity contribution in [1.29, 1.82) is 0 Å². The largest absolute Gasteiger partial charge is 0.481 e. The highest BCUT2D eigenvalue weighted by Gasteiger charge is 2.45. The van der Waals surface area contributed by atoms with Crippen molar-refractivity contribution in [2.45, 2.75) is 51.6 Å². The number of carboxylic acid groups (broad SMARTS) is 1. The summed E-state index contributed by atoms with van der Waals surface area (Å²) in [6, 6.07) is 7.43. The van der Waals surface area contributed by atoms with Crippen LogP contribution in [0.15, 0.2) is 54.9 Å². The highest BCUT2D eigenvalue weighted by molar-refractivity contribution is 5.90. The molecule has 262 valence electrons. The summed E-state index contributed by atoms with van der Waals surface area (Å²) in [5, 5.41) is 9.51. The van der Waals surface area contributed by atoms with Gasteiger partial charge in [0, 0.05) is 29.1 Å². The third-order valence-corrected chi connectivity index (χ3v) is 8.86. The summed E-state index contributed by atoms with van der Waals surface area (Å²) in [5.41, 5.74) is 2.56. The van der Waals surface area contributed by atoms with Gasteiger partial charge in [-0.25, -0.2) is 32.7 Å². The minimum absolute atomic E-state index is 0.113. The number of hydrogen-bond donors (Lipinski definition) is 1. The molecule has 2 fully saturated rings. The maximum Gasteiger partial charge on any atom is 0.416 e. The van der Waals surface area contributed by atoms with Crippen LogP contribution in [-0.4, -0.2) is 64.2 Å². The van der Waals surface area contributed by atoms with E-state index in [0.717, 1.165) is 12.1 Å². The van der Waals surface area contributed by atoms with Crippen LogP contribution in [0.4, 0.5) is 37.0 Å². The number of aryl methyl sites for hydroxylation is 2. The van der Waals surface area contributed by atoms with E-state index in [0.29, 0.717) is 45.0 Å². The van der Waals surface area contributed by atoms with E-state index in [4.69, 9.17) is 9.47 Å². The van der Waals surface area contributed by atoms with Crippen LogP contribution in [0.3, 0.4) is 0 Å². The third-order valence-electron chi connectivity index (χ3n) is 8.86. The first-order chi connectivity index (χ1) is 23.5. The molecule has 2 aromatic carbocycles. The molecule has 2 atom stereocenters. The number of carboxylic acids is 1. The van der Waals surface area contributed by atoms with Gasteiger partial charge in [-0.05, 0) is 91.1 Å². The van der Waals surface area contributed by atoms with Gasteiger partial charge in [-0.2, -0.15) is 13.2 Å². The van der Waals surface area contributed by atoms with Gasteiger partial charge < -0.3 is 19.5 Å². The van der Waals surface area contributed by atoms with Crippen LogP contribution >= 0.6 is 0 Å². The van der Waals surface area contributed by atoms with Crippen molar-refractivity contribution in [3.05, 3.63) is 94.1 Å². The molecular weight excluding hydrogens is 670 g/mol. The number of aromatic carboxylic acids is 1. The number of carbonyl (C=O) groups is 2. The fraction of sp³-hybridized carbons (Fsp3) is 0.314. The van der Waals surface area contributed by atoms with E-state index >= 15 is 0 Å². The Bertz CT molecular complexity index is 1990. The lowest BCUT2D eigenvalue weighted by molar-refractivity contribution is -0.137. The fourth-order valence-electron chi connectivity index (χ4n) is 6.48. The summed E-state index contributed by atoms with van der Waals surface area (Å²) in [7, 11) is 1.39. The van der Waals surface area contributed by atoms with Crippen molar-refractivity contribution in [1.82, 2.24) is 14.9 Å². The van der Waals surface area contributed by atoms with Gasteiger partial charge in [0.2, 0.25) is 5.88 Å². The second kappa shape index (κ2) is 12.5. The zero-order valence-electron chi connectivity index (χ0n) is 27.1. The van der Waals surface area contributed by atoms with E-state index in [9.17, 15) is 41.0 Å². The number of pyridine rings is 2. The van der Waals surface area contributed by atoms with Crippen LogP contribution in [0.1, 0.15) is 51.2 Å². The Labute approximate surface area is 282 Å². The number of amides is 1. The molecule has 2 aliphatic rings. The summed E-state index contributed by atoms with van der Waals surface area (Å²) in [4.78, 5) is 36.4. The molecule has 0 radical (unpaired) electrons. The Morgan fingerprint density at radius 2 is 1.70 bits per heavy atom. The predicted molar refractivity (Wildman–Crippen MR) is 169 cm³/mol. The molecule has 1 N–H and O–H groups in total. The molecule has 4 heterocycles. The zero-order chi connectivity index (χ0) is 36.3. The summed E-state index contributed by atoms with van der Waals surface area (Å²) in [6.07, 6.45) is -3.99. The van der Waals surface area contributed by atoms with Crippen molar-refractivity contribution >= 4 is 17.9 Å². The SMILES string of the molecule is COc1ncc(-c2c(C)cc(C(=O)O)cc2C)cc1-c1cnc(N2CC(F)(F)C2)cc1CN1C(=O)O[C@H](c2cc(F)cc(C(F)(F)F)c2)[C@@H]1C. The maximum absolute atomic E-state index is 14.3. The lowest BCUT2D eigenvalue weighted by Gasteiger charge is -2.39. The Morgan fingerprint density at radius 1 is 1.02 bits per heavy atom. The average Bonchev–Trinajstić information content (AvgIpc) is 3.31. The number of cyclic esters (lactones) is 1. The van der Waals surface area contributed by atoms with E-state index in [-0.39, 0.29) is 29.4 Å². The van der Waals surface area contributed by atoms with Gasteiger partial charge in [-0.3, -0.25) is 4.90 Å². The molecule has 50 heavy (non-hydrogen) atoms. The van der Waals surface area contributed by atoms with Crippen LogP contribution in [0.25, 0.3) is 22.3 Å². The van der Waals surface area contributed by atoms with Crippen molar-refractivity contribution in [2.24, 2.45) is 0 Å². The van der Waals surface area contributed by atoms with Crippen LogP contribution in [-0.2, 0) is 17.5 Å². The van der Waals surface area contributed by atoms with E-state index in [1.165, 1.54) is 41.3 Å². The molecule has 2 aliphatic heterocycles. The predicted octanol–water partition coefficient (Wildman–Crippen LogP) is 7.83. The zero-order valence-corrected chi connectivity index (χ0v) is 27.1. The summed E-state index contributed by atoms with van der Waals surface area (Å²) >= 11 is 0. The number of anilines is 1. The number of hydrogen-bond acceptors (Lipinski definition) is 7. The van der Waals surface area contributed by atoms with Gasteiger partial charge >= 0.3 is 18.2 Å². The van der Waals surface area contributed by atoms with Crippen LogP contribution in [0, 0.1) is 19.7 Å². The first-order valence-electron chi connectivity index (χ1n) is 15.3. The van der Waals surface area contributed by atoms with Crippen molar-refractivity contribution in [3.63, 3.8) is 0 Å². The maximum atomic E-state index is 14.3. The number of benzene rings is 2. The average molecular weight is 701 g/mol. The Hall–Kier alpha value is -5.34. The van der Waals surface area contributed by atoms with Gasteiger partial charge in [0.15, 0.2) is 0 Å². The molecule has 2 saturated heterocycles. The number of ether oxygens (including phenoxy) is 2. The number of nitrogens with zero attached hydrogens (tertiary/aromatic N) is 4. The third kappa shape index (κ3) is 6.51. The monoisotopic (exact) mass is 700 g/mol. The quantitative estimate of drug-likeness (QED) is 0.186. The molecule has 0 aliphatic carbocycles. The Balaban J connectivity index is 1.42. The van der Waals surface area contributed by atoms with Gasteiger partial charge in [0.25, 0.3) is 5.92 Å². The van der Waals surface area contributed by atoms with E-state index in [1.54, 1.807) is 33.0 Å². The van der Waals surface area contributed by atoms with Gasteiger partial charge in [-0.1, -0.05) is 0 Å². The van der Waals surface area contributed by atoms with E-state index in [2.05, 4.69) is 9.97 Å². The lowest BCUT2D eigenvalue weighted by atomic mass is 9.92. The molecule has 15 heteroatoms. The standard InChI is InChI=1S/C35H30F6N4O5/c1-17-5-21(32(46)47)6-18(2)29(17)22-9-26(31(49-4)43-12-22)27-13-42-28(44-15-34(37,38)16-44)10-23(27)14-45-19(3)30(50-33(45)48)20-7-24(35(39,40)41)11-25(36)8-20/h5-13,19,30H,14-16H2,1-4H3,(H,46,47)/t19-,30-/m0/s1. The lowest BCUT2D eigenvalue weighted by Crippen LogP contribution is -2.56. The minimum atomic E-state index is -4.84. The van der Waals surface area contributed by atoms with Crippen molar-refractivity contribution in [2.75, 3.05) is 25.1 Å². The second-order valence-electron chi connectivity index (χ2n) is 12.4. The molecule has 6 rings (SSSR count). The van der Waals surface area contributed by atoms with Crippen LogP contribution < -0.4 is 9.64 Å². The number of methoxy groups -OCH3 is 1. The van der Waals surface area contributed by atoms with Crippen molar-refractivity contribution < 1.29 is 50.5 Å². The highest BCUT2D eigenvalue weighted by atomic mass is 19.4. The first-order valence-corrected chi connectivity index (χ1v) is 15.3. The highest BCUT2D eigenvalue weighted by Crippen LogP contribution is 2.42. The smallest absolute Gasteiger partial charge is 0.416 e. The summed E-state index contributed by atoms with van der Waals surface area (Å²) in [5.74, 6) is -4.78. The number of alkyl halides is 5. The molecule has 4 aromatic rings. The molecule has 9 nitrogen and oxygen atoms in total. The molecule has 1 amide bonds. The number of halogens is 6. The number of carbonyl (C=O) groups excluding carboxylic acids is 1. The molecule has 0 unspecified atom stereocenters. The number of aromatic nitrogens is 2. The first kappa shape index (κ1) is 34.5. The topological polar surface area (TPSA) is 105 Å². The van der Waals surface area contributed by atoms with E-state index < -0.39 is 60.8 Å². The fourth-order valence-corrected chi connectivity index (χ4v) is 6.48. The summed E-state index contributed by atoms with van der Waals surface area (Å²) < 4.78 is 93.4. The van der Waals surface area contributed by atoms with Gasteiger partial charge in [0.1, 0.15) is 17.7 Å². The molecule has 0 bridgehead atoms. The molecule has 0 spiro atoms. The molecule has 0 saturated carbocycles. The van der Waals surface area contributed by atoms with Gasteiger partial charge in [-0.15, -0.1) is 0 Å². The Morgan fingerprint density at radius 3 is 2.30 bits per heavy atom. The second-order valence-corrected chi connectivity index (χ2v) is 12.4. The minimum Gasteiger partial charge on any atom is -0.481 e. The van der Waals surface area contributed by atoms with E-state index in [1.807, 2.05) is 0 Å². The normalized spacial score (nSPS) is 18.6.